The predicted molar refractivity (Wildman–Crippen MR) is 96.4 cm³/mol. The van der Waals surface area contributed by atoms with E-state index in [2.05, 4.69) is 5.32 Å². The molecule has 2 atom stereocenters. The summed E-state index contributed by atoms with van der Waals surface area (Å²) < 4.78 is 25.4. The average molecular weight is 353 g/mol. The number of aldehydes is 1. The number of allylic oxidation sites excluding steroid dienone is 1. The van der Waals surface area contributed by atoms with E-state index in [1.165, 1.54) is 12.1 Å². The van der Waals surface area contributed by atoms with Crippen LogP contribution in [0.15, 0.2) is 54.3 Å². The molecule has 0 aliphatic carbocycles. The van der Waals surface area contributed by atoms with Crippen molar-refractivity contribution in [3.05, 3.63) is 71.2 Å². The monoisotopic (exact) mass is 353 g/mol. The normalized spacial score (nSPS) is 22.5. The van der Waals surface area contributed by atoms with E-state index in [0.717, 1.165) is 36.1 Å². The molecule has 2 unspecified atom stereocenters. The van der Waals surface area contributed by atoms with Gasteiger partial charge in [0.25, 0.3) is 0 Å². The summed E-state index contributed by atoms with van der Waals surface area (Å²) in [4.78, 5) is 12.0. The standard InChI is InChI=1S/C21H20FNO3/c22-15-7-5-14(6-8-15)21-18(13-24)17-3-1-2-4-19(17)26-20(21)11-16-12-23-9-10-25-16/h1-8,13,16,18,23H,9-12H2. The molecule has 2 aromatic carbocycles. The van der Waals surface area contributed by atoms with E-state index in [-0.39, 0.29) is 11.9 Å². The quantitative estimate of drug-likeness (QED) is 0.857. The molecule has 0 saturated carbocycles. The number of hydrogen-bond donors (Lipinski definition) is 1. The van der Waals surface area contributed by atoms with Crippen molar-refractivity contribution in [3.8, 4) is 5.75 Å². The van der Waals surface area contributed by atoms with Crippen LogP contribution in [0.2, 0.25) is 0 Å². The Kier molecular flexibility index (Phi) is 4.82. The number of morpholine rings is 1. The lowest BCUT2D eigenvalue weighted by molar-refractivity contribution is -0.108. The highest BCUT2D eigenvalue weighted by atomic mass is 19.1. The van der Waals surface area contributed by atoms with Crippen molar-refractivity contribution in [1.29, 1.82) is 0 Å². The summed E-state index contributed by atoms with van der Waals surface area (Å²) in [5, 5.41) is 3.31. The van der Waals surface area contributed by atoms with Gasteiger partial charge in [-0.15, -0.1) is 0 Å². The van der Waals surface area contributed by atoms with Crippen LogP contribution in [0.5, 0.6) is 5.75 Å². The molecular formula is C21H20FNO3. The van der Waals surface area contributed by atoms with Crippen LogP contribution in [-0.4, -0.2) is 32.1 Å². The summed E-state index contributed by atoms with van der Waals surface area (Å²) in [7, 11) is 0. The second-order valence-corrected chi connectivity index (χ2v) is 6.50. The fourth-order valence-electron chi connectivity index (χ4n) is 3.57. The molecule has 2 aliphatic heterocycles. The van der Waals surface area contributed by atoms with E-state index in [4.69, 9.17) is 9.47 Å². The van der Waals surface area contributed by atoms with Crippen LogP contribution in [0.4, 0.5) is 4.39 Å². The molecule has 2 heterocycles. The number of halogens is 1. The fourth-order valence-corrected chi connectivity index (χ4v) is 3.57. The molecule has 0 aromatic heterocycles. The summed E-state index contributed by atoms with van der Waals surface area (Å²) in [6.07, 6.45) is 1.46. The van der Waals surface area contributed by atoms with Gasteiger partial charge in [-0.25, -0.2) is 4.39 Å². The number of benzene rings is 2. The number of hydrogen-bond acceptors (Lipinski definition) is 4. The molecule has 4 rings (SSSR count). The second kappa shape index (κ2) is 7.40. The molecule has 0 bridgehead atoms. The molecule has 2 aromatic rings. The zero-order chi connectivity index (χ0) is 17.9. The first-order valence-corrected chi connectivity index (χ1v) is 8.79. The molecular weight excluding hydrogens is 333 g/mol. The zero-order valence-electron chi connectivity index (χ0n) is 14.3. The van der Waals surface area contributed by atoms with Crippen molar-refractivity contribution < 1.29 is 18.7 Å². The first-order chi connectivity index (χ1) is 12.8. The maximum Gasteiger partial charge on any atom is 0.132 e. The first-order valence-electron chi connectivity index (χ1n) is 8.79. The highest BCUT2D eigenvalue weighted by molar-refractivity contribution is 5.89. The van der Waals surface area contributed by atoms with Gasteiger partial charge in [0, 0.05) is 30.6 Å². The summed E-state index contributed by atoms with van der Waals surface area (Å²) >= 11 is 0. The van der Waals surface area contributed by atoms with Gasteiger partial charge in [0.15, 0.2) is 0 Å². The van der Waals surface area contributed by atoms with Crippen LogP contribution >= 0.6 is 0 Å². The lowest BCUT2D eigenvalue weighted by Gasteiger charge is -2.31. The Hall–Kier alpha value is -2.50. The number of nitrogens with one attached hydrogen (secondary N) is 1. The molecule has 0 radical (unpaired) electrons. The van der Waals surface area contributed by atoms with Crippen molar-refractivity contribution in [1.82, 2.24) is 5.32 Å². The Morgan fingerprint density at radius 3 is 2.69 bits per heavy atom. The van der Waals surface area contributed by atoms with Gasteiger partial charge >= 0.3 is 0 Å². The smallest absolute Gasteiger partial charge is 0.132 e. The molecule has 5 heteroatoms. The van der Waals surface area contributed by atoms with Crippen LogP contribution in [0.25, 0.3) is 5.57 Å². The number of ether oxygens (including phenoxy) is 2. The molecule has 4 nitrogen and oxygen atoms in total. The van der Waals surface area contributed by atoms with Crippen molar-refractivity contribution in [2.24, 2.45) is 0 Å². The predicted octanol–water partition coefficient (Wildman–Crippen LogP) is 3.29. The molecule has 134 valence electrons. The van der Waals surface area contributed by atoms with Gasteiger partial charge in [0.2, 0.25) is 0 Å². The highest BCUT2D eigenvalue weighted by Crippen LogP contribution is 2.44. The summed E-state index contributed by atoms with van der Waals surface area (Å²) in [6, 6.07) is 13.7. The SMILES string of the molecule is O=CC1C(c2ccc(F)cc2)=C(CC2CNCCO2)Oc2ccccc21. The van der Waals surface area contributed by atoms with Gasteiger partial charge in [-0.3, -0.25) is 0 Å². The molecule has 0 spiro atoms. The van der Waals surface area contributed by atoms with Gasteiger partial charge in [-0.05, 0) is 23.8 Å². The summed E-state index contributed by atoms with van der Waals surface area (Å²) in [6.45, 7) is 2.22. The van der Waals surface area contributed by atoms with Crippen molar-refractivity contribution in [2.45, 2.75) is 18.4 Å². The number of rotatable bonds is 4. The van der Waals surface area contributed by atoms with E-state index in [9.17, 15) is 9.18 Å². The maximum atomic E-state index is 13.4. The van der Waals surface area contributed by atoms with Gasteiger partial charge < -0.3 is 19.6 Å². The summed E-state index contributed by atoms with van der Waals surface area (Å²) in [5.74, 6) is 0.641. The van der Waals surface area contributed by atoms with E-state index in [0.29, 0.717) is 24.5 Å². The number of carbonyl (C=O) groups is 1. The van der Waals surface area contributed by atoms with Crippen molar-refractivity contribution in [3.63, 3.8) is 0 Å². The topological polar surface area (TPSA) is 47.6 Å². The average Bonchev–Trinajstić information content (AvgIpc) is 2.68. The van der Waals surface area contributed by atoms with E-state index in [1.807, 2.05) is 24.3 Å². The number of para-hydroxylation sites is 1. The van der Waals surface area contributed by atoms with Crippen LogP contribution in [0.3, 0.4) is 0 Å². The Bertz CT molecular complexity index is 825. The third kappa shape index (κ3) is 3.28. The van der Waals surface area contributed by atoms with Crippen molar-refractivity contribution >= 4 is 11.9 Å². The Labute approximate surface area is 151 Å². The third-order valence-corrected chi connectivity index (χ3v) is 4.81. The molecule has 1 N–H and O–H groups in total. The highest BCUT2D eigenvalue weighted by Gasteiger charge is 2.32. The molecule has 1 fully saturated rings. The zero-order valence-corrected chi connectivity index (χ0v) is 14.3. The Balaban J connectivity index is 1.79. The van der Waals surface area contributed by atoms with E-state index < -0.39 is 5.92 Å². The van der Waals surface area contributed by atoms with Gasteiger partial charge in [-0.1, -0.05) is 30.3 Å². The molecule has 26 heavy (non-hydrogen) atoms. The second-order valence-electron chi connectivity index (χ2n) is 6.50. The van der Waals surface area contributed by atoms with E-state index >= 15 is 0 Å². The minimum atomic E-state index is -0.447. The lowest BCUT2D eigenvalue weighted by atomic mass is 9.83. The molecule has 0 amide bonds. The fraction of sp³-hybridized carbons (Fsp3) is 0.286. The molecule has 2 aliphatic rings. The minimum Gasteiger partial charge on any atom is -0.461 e. The van der Waals surface area contributed by atoms with Gasteiger partial charge in [-0.2, -0.15) is 0 Å². The summed E-state index contributed by atoms with van der Waals surface area (Å²) in [5.41, 5.74) is 2.40. The van der Waals surface area contributed by atoms with E-state index in [1.54, 1.807) is 12.1 Å². The first kappa shape index (κ1) is 16.9. The largest absolute Gasteiger partial charge is 0.461 e. The maximum absolute atomic E-state index is 13.4. The Morgan fingerprint density at radius 2 is 1.96 bits per heavy atom. The lowest BCUT2D eigenvalue weighted by Crippen LogP contribution is -2.39. The van der Waals surface area contributed by atoms with Crippen LogP contribution in [0.1, 0.15) is 23.5 Å². The van der Waals surface area contributed by atoms with Gasteiger partial charge in [0.05, 0.1) is 18.6 Å². The van der Waals surface area contributed by atoms with Crippen molar-refractivity contribution in [2.75, 3.05) is 19.7 Å². The Morgan fingerprint density at radius 1 is 1.15 bits per heavy atom. The van der Waals surface area contributed by atoms with Gasteiger partial charge in [0.1, 0.15) is 23.6 Å². The van der Waals surface area contributed by atoms with Crippen LogP contribution in [-0.2, 0) is 9.53 Å². The minimum absolute atomic E-state index is 0.0215. The third-order valence-electron chi connectivity index (χ3n) is 4.81. The molecule has 1 saturated heterocycles. The van der Waals surface area contributed by atoms with Crippen LogP contribution in [0, 0.1) is 5.82 Å². The number of fused-ring (bicyclic) bond motifs is 1. The number of carbonyl (C=O) groups excluding carboxylic acids is 1. The van der Waals surface area contributed by atoms with Crippen LogP contribution < -0.4 is 10.1 Å².